The molecule has 9 heteroatoms. The first-order valence-corrected chi connectivity index (χ1v) is 10.9. The van der Waals surface area contributed by atoms with Crippen LogP contribution >= 0.6 is 11.8 Å². The molecule has 0 aliphatic heterocycles. The van der Waals surface area contributed by atoms with E-state index in [-0.39, 0.29) is 10.9 Å². The summed E-state index contributed by atoms with van der Waals surface area (Å²) in [6, 6.07) is 15.6. The van der Waals surface area contributed by atoms with Crippen LogP contribution in [0.5, 0.6) is 0 Å². The highest BCUT2D eigenvalue weighted by Gasteiger charge is 2.13. The molecule has 0 bridgehead atoms. The number of thioether (sulfide) groups is 1. The first-order valence-electron chi connectivity index (χ1n) is 8.03. The Labute approximate surface area is 161 Å². The SMILES string of the molecule is CS(=O)(=O)c1ccc(C(=O)Nc2nnc(CCSc3ccccc3)o2)cc1. The van der Waals surface area contributed by atoms with E-state index in [1.54, 1.807) is 11.8 Å². The monoisotopic (exact) mass is 403 g/mol. The molecular formula is C18H17N3O4S2. The van der Waals surface area contributed by atoms with E-state index in [1.807, 2.05) is 30.3 Å². The van der Waals surface area contributed by atoms with Crippen LogP contribution < -0.4 is 5.32 Å². The summed E-state index contributed by atoms with van der Waals surface area (Å²) < 4.78 is 28.3. The molecule has 3 rings (SSSR count). The van der Waals surface area contributed by atoms with Gasteiger partial charge in [0.05, 0.1) is 4.90 Å². The number of hydrogen-bond donors (Lipinski definition) is 1. The van der Waals surface area contributed by atoms with Crippen molar-refractivity contribution in [3.05, 3.63) is 66.1 Å². The van der Waals surface area contributed by atoms with Gasteiger partial charge in [0.1, 0.15) is 0 Å². The molecule has 140 valence electrons. The normalized spacial score (nSPS) is 11.3. The topological polar surface area (TPSA) is 102 Å². The Hall–Kier alpha value is -2.65. The molecule has 7 nitrogen and oxygen atoms in total. The number of carbonyl (C=O) groups excluding carboxylic acids is 1. The average molecular weight is 403 g/mol. The second-order valence-corrected chi connectivity index (χ2v) is 8.85. The van der Waals surface area contributed by atoms with Gasteiger partial charge in [0, 0.05) is 28.9 Å². The fourth-order valence-corrected chi connectivity index (χ4v) is 3.69. The predicted molar refractivity (Wildman–Crippen MR) is 103 cm³/mol. The molecular weight excluding hydrogens is 386 g/mol. The second kappa shape index (κ2) is 8.36. The smallest absolute Gasteiger partial charge is 0.322 e. The number of hydrogen-bond acceptors (Lipinski definition) is 7. The third kappa shape index (κ3) is 5.41. The van der Waals surface area contributed by atoms with Gasteiger partial charge in [0.25, 0.3) is 5.91 Å². The highest BCUT2D eigenvalue weighted by Crippen LogP contribution is 2.19. The van der Waals surface area contributed by atoms with E-state index in [2.05, 4.69) is 15.5 Å². The van der Waals surface area contributed by atoms with Gasteiger partial charge in [0.15, 0.2) is 9.84 Å². The van der Waals surface area contributed by atoms with Crippen LogP contribution in [0.2, 0.25) is 0 Å². The van der Waals surface area contributed by atoms with Crippen molar-refractivity contribution < 1.29 is 17.6 Å². The van der Waals surface area contributed by atoms with Crippen LogP contribution in [-0.4, -0.2) is 36.5 Å². The second-order valence-electron chi connectivity index (χ2n) is 5.66. The Balaban J connectivity index is 1.54. The van der Waals surface area contributed by atoms with Gasteiger partial charge >= 0.3 is 6.01 Å². The van der Waals surface area contributed by atoms with Gasteiger partial charge in [-0.25, -0.2) is 8.42 Å². The van der Waals surface area contributed by atoms with Gasteiger partial charge in [-0.1, -0.05) is 23.3 Å². The van der Waals surface area contributed by atoms with E-state index in [1.165, 1.54) is 24.3 Å². The van der Waals surface area contributed by atoms with Gasteiger partial charge in [-0.3, -0.25) is 10.1 Å². The van der Waals surface area contributed by atoms with Crippen LogP contribution in [0.3, 0.4) is 0 Å². The molecule has 1 heterocycles. The first-order chi connectivity index (χ1) is 12.9. The average Bonchev–Trinajstić information content (AvgIpc) is 3.09. The molecule has 0 aliphatic rings. The van der Waals surface area contributed by atoms with Gasteiger partial charge in [-0.05, 0) is 36.4 Å². The summed E-state index contributed by atoms with van der Waals surface area (Å²) in [5.74, 6) is 0.747. The number of nitrogens with zero attached hydrogens (tertiary/aromatic N) is 2. The summed E-state index contributed by atoms with van der Waals surface area (Å²) in [5, 5.41) is 10.2. The number of aromatic nitrogens is 2. The maximum atomic E-state index is 12.2. The van der Waals surface area contributed by atoms with Crippen LogP contribution in [0.1, 0.15) is 16.2 Å². The van der Waals surface area contributed by atoms with E-state index < -0.39 is 15.7 Å². The molecule has 1 aromatic heterocycles. The standard InChI is InChI=1S/C18H17N3O4S2/c1-27(23,24)15-9-7-13(8-10-15)17(22)19-18-21-20-16(25-18)11-12-26-14-5-3-2-4-6-14/h2-10H,11-12H2,1H3,(H,19,21,22). The van der Waals surface area contributed by atoms with Crippen LogP contribution in [-0.2, 0) is 16.3 Å². The number of benzene rings is 2. The Bertz CT molecular complexity index is 1020. The molecule has 27 heavy (non-hydrogen) atoms. The van der Waals surface area contributed by atoms with E-state index >= 15 is 0 Å². The lowest BCUT2D eigenvalue weighted by Crippen LogP contribution is -2.12. The molecule has 0 unspecified atom stereocenters. The quantitative estimate of drug-likeness (QED) is 0.605. The van der Waals surface area contributed by atoms with Crippen LogP contribution in [0.4, 0.5) is 6.01 Å². The fourth-order valence-electron chi connectivity index (χ4n) is 2.20. The first kappa shape index (κ1) is 19.1. The zero-order valence-corrected chi connectivity index (χ0v) is 16.1. The van der Waals surface area contributed by atoms with Gasteiger partial charge in [-0.15, -0.1) is 16.9 Å². The van der Waals surface area contributed by atoms with E-state index in [0.717, 1.165) is 16.9 Å². The van der Waals surface area contributed by atoms with Crippen LogP contribution in [0.15, 0.2) is 68.8 Å². The Morgan fingerprint density at radius 3 is 2.44 bits per heavy atom. The number of aryl methyl sites for hydroxylation is 1. The lowest BCUT2D eigenvalue weighted by atomic mass is 10.2. The number of amides is 1. The van der Waals surface area contributed by atoms with Gasteiger partial charge in [-0.2, -0.15) is 0 Å². The third-order valence-electron chi connectivity index (χ3n) is 3.56. The maximum absolute atomic E-state index is 12.2. The van der Waals surface area contributed by atoms with Crippen molar-refractivity contribution in [2.45, 2.75) is 16.2 Å². The lowest BCUT2D eigenvalue weighted by Gasteiger charge is -2.02. The lowest BCUT2D eigenvalue weighted by molar-refractivity contribution is 0.102. The number of nitrogens with one attached hydrogen (secondary N) is 1. The minimum Gasteiger partial charge on any atom is -0.408 e. The molecule has 0 atom stereocenters. The van der Waals surface area contributed by atoms with Gasteiger partial charge in [0.2, 0.25) is 5.89 Å². The number of anilines is 1. The number of sulfone groups is 1. The van der Waals surface area contributed by atoms with Crippen LogP contribution in [0.25, 0.3) is 0 Å². The van der Waals surface area contributed by atoms with Crippen molar-refractivity contribution in [2.24, 2.45) is 0 Å². The molecule has 3 aromatic rings. The summed E-state index contributed by atoms with van der Waals surface area (Å²) in [7, 11) is -3.30. The molecule has 0 fully saturated rings. The molecule has 0 radical (unpaired) electrons. The molecule has 0 saturated carbocycles. The highest BCUT2D eigenvalue weighted by molar-refractivity contribution is 7.99. The van der Waals surface area contributed by atoms with Crippen molar-refractivity contribution in [3.63, 3.8) is 0 Å². The summed E-state index contributed by atoms with van der Waals surface area (Å²) in [6.07, 6.45) is 1.68. The summed E-state index contributed by atoms with van der Waals surface area (Å²) in [6.45, 7) is 0. The number of rotatable bonds is 7. The summed E-state index contributed by atoms with van der Waals surface area (Å²) in [4.78, 5) is 13.5. The summed E-state index contributed by atoms with van der Waals surface area (Å²) >= 11 is 1.67. The fraction of sp³-hybridized carbons (Fsp3) is 0.167. The zero-order chi connectivity index (χ0) is 19.3. The van der Waals surface area contributed by atoms with Crippen LogP contribution in [0, 0.1) is 0 Å². The van der Waals surface area contributed by atoms with Crippen molar-refractivity contribution >= 4 is 33.5 Å². The molecule has 1 amide bonds. The molecule has 0 saturated heterocycles. The zero-order valence-electron chi connectivity index (χ0n) is 14.5. The minimum absolute atomic E-state index is 0.00639. The third-order valence-corrected chi connectivity index (χ3v) is 5.70. The van der Waals surface area contributed by atoms with E-state index in [0.29, 0.717) is 17.9 Å². The number of carbonyl (C=O) groups is 1. The van der Waals surface area contributed by atoms with Crippen molar-refractivity contribution in [3.8, 4) is 0 Å². The van der Waals surface area contributed by atoms with Crippen molar-refractivity contribution in [1.29, 1.82) is 0 Å². The molecule has 0 aliphatic carbocycles. The Kier molecular flexibility index (Phi) is 5.92. The Morgan fingerprint density at radius 1 is 1.07 bits per heavy atom. The minimum atomic E-state index is -3.30. The van der Waals surface area contributed by atoms with E-state index in [9.17, 15) is 13.2 Å². The summed E-state index contributed by atoms with van der Waals surface area (Å²) in [5.41, 5.74) is 0.293. The largest absolute Gasteiger partial charge is 0.408 e. The maximum Gasteiger partial charge on any atom is 0.322 e. The molecule has 0 spiro atoms. The van der Waals surface area contributed by atoms with Gasteiger partial charge < -0.3 is 4.42 Å². The highest BCUT2D eigenvalue weighted by atomic mass is 32.2. The molecule has 1 N–H and O–H groups in total. The van der Waals surface area contributed by atoms with Crippen molar-refractivity contribution in [2.75, 3.05) is 17.3 Å². The van der Waals surface area contributed by atoms with E-state index in [4.69, 9.17) is 4.42 Å². The molecule has 2 aromatic carbocycles. The Morgan fingerprint density at radius 2 is 1.78 bits per heavy atom. The van der Waals surface area contributed by atoms with Crippen molar-refractivity contribution in [1.82, 2.24) is 10.2 Å². The predicted octanol–water partition coefficient (Wildman–Crippen LogP) is 3.06.